The fourth-order valence-corrected chi connectivity index (χ4v) is 2.27. The number of aromatic amines is 1. The molecule has 0 aliphatic heterocycles. The summed E-state index contributed by atoms with van der Waals surface area (Å²) in [5.74, 6) is 0.332. The lowest BCUT2D eigenvalue weighted by Gasteiger charge is -2.19. The third-order valence-corrected chi connectivity index (χ3v) is 3.37. The van der Waals surface area contributed by atoms with E-state index in [1.807, 2.05) is 12.1 Å². The van der Waals surface area contributed by atoms with Crippen LogP contribution in [0.15, 0.2) is 28.9 Å². The number of hydrogen-bond acceptors (Lipinski definition) is 2. The van der Waals surface area contributed by atoms with Crippen LogP contribution in [-0.2, 0) is 5.41 Å². The van der Waals surface area contributed by atoms with Crippen molar-refractivity contribution in [2.24, 2.45) is 0 Å². The molecule has 3 nitrogen and oxygen atoms in total. The SMILES string of the molecule is CC(C)(C)c1cccc(-c2nc(C=O)[nH]c2Br)c1. The second-order valence-electron chi connectivity index (χ2n) is 5.23. The van der Waals surface area contributed by atoms with E-state index in [9.17, 15) is 4.79 Å². The first-order valence-corrected chi connectivity index (χ1v) is 6.52. The Balaban J connectivity index is 2.51. The number of aldehydes is 1. The Labute approximate surface area is 115 Å². The third kappa shape index (κ3) is 2.53. The summed E-state index contributed by atoms with van der Waals surface area (Å²) in [6, 6.07) is 8.21. The van der Waals surface area contributed by atoms with Gasteiger partial charge in [0.05, 0.1) is 0 Å². The third-order valence-electron chi connectivity index (χ3n) is 2.79. The highest BCUT2D eigenvalue weighted by molar-refractivity contribution is 9.10. The predicted octanol–water partition coefficient (Wildman–Crippen LogP) is 3.95. The van der Waals surface area contributed by atoms with Gasteiger partial charge in [-0.05, 0) is 33.0 Å². The van der Waals surface area contributed by atoms with Gasteiger partial charge in [0.2, 0.25) is 0 Å². The van der Waals surface area contributed by atoms with E-state index < -0.39 is 0 Å². The average Bonchev–Trinajstić information content (AvgIpc) is 2.70. The maximum Gasteiger partial charge on any atom is 0.185 e. The Morgan fingerprint density at radius 3 is 2.61 bits per heavy atom. The van der Waals surface area contributed by atoms with E-state index in [1.54, 1.807) is 0 Å². The Morgan fingerprint density at radius 2 is 2.06 bits per heavy atom. The molecule has 1 aromatic carbocycles. The summed E-state index contributed by atoms with van der Waals surface area (Å²) in [4.78, 5) is 17.9. The van der Waals surface area contributed by atoms with Crippen molar-refractivity contribution in [1.82, 2.24) is 9.97 Å². The van der Waals surface area contributed by atoms with E-state index in [0.717, 1.165) is 15.9 Å². The molecule has 2 rings (SSSR count). The van der Waals surface area contributed by atoms with Gasteiger partial charge in [-0.25, -0.2) is 4.98 Å². The lowest BCUT2D eigenvalue weighted by atomic mass is 9.86. The highest BCUT2D eigenvalue weighted by Gasteiger charge is 2.16. The van der Waals surface area contributed by atoms with Crippen molar-refractivity contribution in [3.05, 3.63) is 40.3 Å². The number of rotatable bonds is 2. The molecule has 18 heavy (non-hydrogen) atoms. The number of imidazole rings is 1. The van der Waals surface area contributed by atoms with Crippen LogP contribution in [0.1, 0.15) is 37.0 Å². The molecule has 0 bridgehead atoms. The molecule has 0 radical (unpaired) electrons. The first-order valence-electron chi connectivity index (χ1n) is 5.73. The summed E-state index contributed by atoms with van der Waals surface area (Å²) in [7, 11) is 0. The molecule has 0 unspecified atom stereocenters. The van der Waals surface area contributed by atoms with Crippen molar-refractivity contribution < 1.29 is 4.79 Å². The summed E-state index contributed by atoms with van der Waals surface area (Å²) in [5.41, 5.74) is 3.09. The fraction of sp³-hybridized carbons (Fsp3) is 0.286. The van der Waals surface area contributed by atoms with E-state index >= 15 is 0 Å². The van der Waals surface area contributed by atoms with Crippen LogP contribution in [0.5, 0.6) is 0 Å². The molecule has 0 fully saturated rings. The summed E-state index contributed by atoms with van der Waals surface area (Å²) >= 11 is 3.39. The minimum atomic E-state index is 0.0896. The number of halogens is 1. The maximum atomic E-state index is 10.7. The van der Waals surface area contributed by atoms with Crippen LogP contribution in [0.3, 0.4) is 0 Å². The van der Waals surface area contributed by atoms with Crippen LogP contribution in [0.2, 0.25) is 0 Å². The standard InChI is InChI=1S/C14H15BrN2O/c1-14(2,3)10-6-4-5-9(7-10)12-13(15)17-11(8-18)16-12/h4-8H,1-3H3,(H,16,17). The number of nitrogens with one attached hydrogen (secondary N) is 1. The zero-order valence-corrected chi connectivity index (χ0v) is 12.2. The van der Waals surface area contributed by atoms with Crippen molar-refractivity contribution >= 4 is 22.2 Å². The van der Waals surface area contributed by atoms with E-state index in [-0.39, 0.29) is 5.41 Å². The number of carbonyl (C=O) groups excluding carboxylic acids is 1. The molecule has 0 aliphatic carbocycles. The second-order valence-corrected chi connectivity index (χ2v) is 6.03. The number of nitrogens with zero attached hydrogens (tertiary/aromatic N) is 1. The minimum Gasteiger partial charge on any atom is -0.330 e. The van der Waals surface area contributed by atoms with Crippen molar-refractivity contribution in [1.29, 1.82) is 0 Å². The van der Waals surface area contributed by atoms with Gasteiger partial charge in [-0.3, -0.25) is 4.79 Å². The summed E-state index contributed by atoms with van der Waals surface area (Å²) < 4.78 is 0.732. The number of benzene rings is 1. The van der Waals surface area contributed by atoms with Crippen LogP contribution in [0.4, 0.5) is 0 Å². The normalized spacial score (nSPS) is 11.6. The predicted molar refractivity (Wildman–Crippen MR) is 75.8 cm³/mol. The van der Waals surface area contributed by atoms with E-state index in [0.29, 0.717) is 12.1 Å². The quantitative estimate of drug-likeness (QED) is 0.854. The van der Waals surface area contributed by atoms with E-state index in [4.69, 9.17) is 0 Å². The fourth-order valence-electron chi connectivity index (χ4n) is 1.75. The van der Waals surface area contributed by atoms with Crippen LogP contribution in [0, 0.1) is 0 Å². The molecule has 0 atom stereocenters. The van der Waals surface area contributed by atoms with Gasteiger partial charge in [0, 0.05) is 5.56 Å². The number of aromatic nitrogens is 2. The first kappa shape index (κ1) is 13.0. The van der Waals surface area contributed by atoms with Crippen molar-refractivity contribution in [3.63, 3.8) is 0 Å². The van der Waals surface area contributed by atoms with E-state index in [1.165, 1.54) is 5.56 Å². The molecule has 1 aromatic heterocycles. The molecule has 4 heteroatoms. The first-order chi connectivity index (χ1) is 8.41. The highest BCUT2D eigenvalue weighted by atomic mass is 79.9. The number of hydrogen-bond donors (Lipinski definition) is 1. The van der Waals surface area contributed by atoms with Gasteiger partial charge >= 0.3 is 0 Å². The minimum absolute atomic E-state index is 0.0896. The zero-order valence-electron chi connectivity index (χ0n) is 10.6. The van der Waals surface area contributed by atoms with Gasteiger partial charge in [0.25, 0.3) is 0 Å². The van der Waals surface area contributed by atoms with Gasteiger partial charge in [-0.15, -0.1) is 0 Å². The number of carbonyl (C=O) groups is 1. The van der Waals surface area contributed by atoms with Crippen molar-refractivity contribution in [3.8, 4) is 11.3 Å². The zero-order chi connectivity index (χ0) is 13.3. The molecule has 2 aromatic rings. The molecule has 0 aliphatic rings. The van der Waals surface area contributed by atoms with Crippen LogP contribution in [0.25, 0.3) is 11.3 Å². The summed E-state index contributed by atoms with van der Waals surface area (Å²) in [6.45, 7) is 6.51. The maximum absolute atomic E-state index is 10.7. The molecule has 94 valence electrons. The van der Waals surface area contributed by atoms with E-state index in [2.05, 4.69) is 58.8 Å². The Bertz CT molecular complexity index is 582. The van der Waals surface area contributed by atoms with Crippen LogP contribution < -0.4 is 0 Å². The lowest BCUT2D eigenvalue weighted by molar-refractivity contribution is 0.111. The molecule has 1 N–H and O–H groups in total. The van der Waals surface area contributed by atoms with Gasteiger partial charge in [-0.2, -0.15) is 0 Å². The summed E-state index contributed by atoms with van der Waals surface area (Å²) in [6.07, 6.45) is 0.710. The Hall–Kier alpha value is -1.42. The molecular formula is C14H15BrN2O. The Morgan fingerprint density at radius 1 is 1.33 bits per heavy atom. The average molecular weight is 307 g/mol. The van der Waals surface area contributed by atoms with Gasteiger partial charge in [0.1, 0.15) is 10.3 Å². The summed E-state index contributed by atoms with van der Waals surface area (Å²) in [5, 5.41) is 0. The molecular weight excluding hydrogens is 292 g/mol. The molecule has 1 heterocycles. The van der Waals surface area contributed by atoms with Gasteiger partial charge < -0.3 is 4.98 Å². The monoisotopic (exact) mass is 306 g/mol. The van der Waals surface area contributed by atoms with Crippen LogP contribution >= 0.6 is 15.9 Å². The van der Waals surface area contributed by atoms with Gasteiger partial charge in [0.15, 0.2) is 12.1 Å². The molecule has 0 amide bonds. The molecule has 0 saturated heterocycles. The largest absolute Gasteiger partial charge is 0.330 e. The van der Waals surface area contributed by atoms with Gasteiger partial charge in [-0.1, -0.05) is 39.0 Å². The number of H-pyrrole nitrogens is 1. The Kier molecular flexibility index (Phi) is 3.39. The molecule has 0 saturated carbocycles. The van der Waals surface area contributed by atoms with Crippen molar-refractivity contribution in [2.75, 3.05) is 0 Å². The molecule has 0 spiro atoms. The second kappa shape index (κ2) is 4.69. The van der Waals surface area contributed by atoms with Crippen LogP contribution in [-0.4, -0.2) is 16.3 Å². The van der Waals surface area contributed by atoms with Crippen molar-refractivity contribution in [2.45, 2.75) is 26.2 Å². The smallest absolute Gasteiger partial charge is 0.185 e. The highest BCUT2D eigenvalue weighted by Crippen LogP contribution is 2.30. The lowest BCUT2D eigenvalue weighted by Crippen LogP contribution is -2.10. The topological polar surface area (TPSA) is 45.8 Å².